The molecule has 0 fully saturated rings. The van der Waals surface area contributed by atoms with Gasteiger partial charge in [-0.15, -0.1) is 5.73 Å². The standard InChI is InChI=1S/C19H19F3N2O2/c1-4-6-7-10-14-13(3)9-8-11-16(14)24-17(19(20,21)22)15(12-23)18(25)26-5-2/h6-12H,1,5,23H2,2-3H3/b10-7-,15-12+,24-17?. The number of aliphatic imine (C=N–C) groups is 1. The summed E-state index contributed by atoms with van der Waals surface area (Å²) in [7, 11) is 0. The van der Waals surface area contributed by atoms with E-state index in [1.165, 1.54) is 19.1 Å². The molecule has 0 saturated heterocycles. The molecular weight excluding hydrogens is 345 g/mol. The van der Waals surface area contributed by atoms with Gasteiger partial charge in [-0.25, -0.2) is 9.79 Å². The molecule has 0 spiro atoms. The van der Waals surface area contributed by atoms with Crippen LogP contribution in [0.4, 0.5) is 18.9 Å². The quantitative estimate of drug-likeness (QED) is 0.268. The molecule has 26 heavy (non-hydrogen) atoms. The van der Waals surface area contributed by atoms with Crippen LogP contribution in [0.15, 0.2) is 59.4 Å². The van der Waals surface area contributed by atoms with Crippen LogP contribution in [-0.4, -0.2) is 24.5 Å². The summed E-state index contributed by atoms with van der Waals surface area (Å²) in [5.41, 5.74) is 6.71. The zero-order valence-electron chi connectivity index (χ0n) is 14.4. The second-order valence-corrected chi connectivity index (χ2v) is 5.00. The second kappa shape index (κ2) is 9.44. The number of hydrogen-bond donors (Lipinski definition) is 1. The third-order valence-electron chi connectivity index (χ3n) is 3.20. The predicted molar refractivity (Wildman–Crippen MR) is 96.0 cm³/mol. The van der Waals surface area contributed by atoms with Crippen molar-refractivity contribution in [3.8, 4) is 0 Å². The zero-order chi connectivity index (χ0) is 19.7. The molecule has 0 aromatic heterocycles. The van der Waals surface area contributed by atoms with Crippen molar-refractivity contribution in [2.24, 2.45) is 10.7 Å². The highest BCUT2D eigenvalue weighted by molar-refractivity contribution is 6.22. The summed E-state index contributed by atoms with van der Waals surface area (Å²) >= 11 is 0. The van der Waals surface area contributed by atoms with Crippen molar-refractivity contribution in [1.29, 1.82) is 0 Å². The van der Waals surface area contributed by atoms with Crippen molar-refractivity contribution < 1.29 is 22.7 Å². The van der Waals surface area contributed by atoms with Crippen LogP contribution in [-0.2, 0) is 9.53 Å². The van der Waals surface area contributed by atoms with Gasteiger partial charge in [-0.05, 0) is 31.6 Å². The molecule has 2 N–H and O–H groups in total. The number of esters is 1. The average Bonchev–Trinajstić information content (AvgIpc) is 2.56. The number of ether oxygens (including phenoxy) is 1. The van der Waals surface area contributed by atoms with Gasteiger partial charge in [-0.1, -0.05) is 30.9 Å². The van der Waals surface area contributed by atoms with E-state index in [1.54, 1.807) is 31.2 Å². The van der Waals surface area contributed by atoms with E-state index in [1.807, 2.05) is 0 Å². The first-order chi connectivity index (χ1) is 12.3. The smallest absolute Gasteiger partial charge is 0.434 e. The van der Waals surface area contributed by atoms with E-state index in [4.69, 9.17) is 5.73 Å². The maximum absolute atomic E-state index is 13.5. The molecule has 0 saturated carbocycles. The van der Waals surface area contributed by atoms with Gasteiger partial charge in [0.2, 0.25) is 0 Å². The van der Waals surface area contributed by atoms with Gasteiger partial charge >= 0.3 is 12.1 Å². The number of nitrogens with two attached hydrogens (primary N) is 1. The highest BCUT2D eigenvalue weighted by Gasteiger charge is 2.41. The Hall–Kier alpha value is -3.05. The molecule has 0 atom stereocenters. The first-order valence-electron chi connectivity index (χ1n) is 7.63. The van der Waals surface area contributed by atoms with Gasteiger partial charge < -0.3 is 10.5 Å². The number of allylic oxidation sites excluding steroid dienone is 2. The van der Waals surface area contributed by atoms with Crippen LogP contribution >= 0.6 is 0 Å². The number of rotatable bonds is 6. The minimum atomic E-state index is -4.90. The Balaban J connectivity index is 3.59. The number of carbonyl (C=O) groups excluding carboxylic acids is 1. The molecule has 1 rings (SSSR count). The van der Waals surface area contributed by atoms with E-state index in [0.29, 0.717) is 17.3 Å². The third-order valence-corrected chi connectivity index (χ3v) is 3.20. The number of nitrogens with zero attached hydrogens (tertiary/aromatic N) is 1. The van der Waals surface area contributed by atoms with Gasteiger partial charge in [0, 0.05) is 11.8 Å². The number of benzene rings is 1. The Morgan fingerprint density at radius 3 is 2.65 bits per heavy atom. The van der Waals surface area contributed by atoms with Crippen LogP contribution in [0, 0.1) is 6.92 Å². The summed E-state index contributed by atoms with van der Waals surface area (Å²) in [6.45, 7) is 6.53. The molecule has 0 heterocycles. The van der Waals surface area contributed by atoms with Crippen LogP contribution in [0.2, 0.25) is 0 Å². The fraction of sp³-hybridized carbons (Fsp3) is 0.211. The van der Waals surface area contributed by atoms with Crippen molar-refractivity contribution >= 4 is 23.4 Å². The highest BCUT2D eigenvalue weighted by atomic mass is 19.4. The topological polar surface area (TPSA) is 64.7 Å². The number of carbonyl (C=O) groups is 1. The normalized spacial score (nSPS) is 12.8. The van der Waals surface area contributed by atoms with Crippen LogP contribution in [0.1, 0.15) is 18.1 Å². The van der Waals surface area contributed by atoms with Crippen LogP contribution in [0.5, 0.6) is 0 Å². The van der Waals surface area contributed by atoms with Crippen molar-refractivity contribution in [3.05, 3.63) is 65.6 Å². The predicted octanol–water partition coefficient (Wildman–Crippen LogP) is 4.39. The Morgan fingerprint density at radius 1 is 1.42 bits per heavy atom. The number of halogens is 3. The maximum Gasteiger partial charge on any atom is 0.434 e. The largest absolute Gasteiger partial charge is 0.462 e. The van der Waals surface area contributed by atoms with Gasteiger partial charge in [0.1, 0.15) is 5.57 Å². The lowest BCUT2D eigenvalue weighted by Crippen LogP contribution is -2.30. The van der Waals surface area contributed by atoms with Gasteiger partial charge in [-0.2, -0.15) is 13.2 Å². The summed E-state index contributed by atoms with van der Waals surface area (Å²) in [6, 6.07) is 4.71. The van der Waals surface area contributed by atoms with Gasteiger partial charge in [0.05, 0.1) is 12.3 Å². The summed E-state index contributed by atoms with van der Waals surface area (Å²) < 4.78 is 45.2. The molecular formula is C19H19F3N2O2. The number of aryl methyl sites for hydroxylation is 1. The van der Waals surface area contributed by atoms with Crippen molar-refractivity contribution in [1.82, 2.24) is 0 Å². The Kier molecular flexibility index (Phi) is 7.62. The van der Waals surface area contributed by atoms with Gasteiger partial charge in [-0.3, -0.25) is 0 Å². The average molecular weight is 364 g/mol. The first-order valence-corrected chi connectivity index (χ1v) is 7.63. The fourth-order valence-electron chi connectivity index (χ4n) is 2.04. The Labute approximate surface area is 149 Å². The lowest BCUT2D eigenvalue weighted by Gasteiger charge is -2.14. The van der Waals surface area contributed by atoms with Crippen molar-refractivity contribution in [2.45, 2.75) is 20.0 Å². The SMILES string of the molecule is C=C=C/C=C\c1c(C)cccc1N=C(/C(=C\N)C(=O)OCC)C(F)(F)F. The molecule has 0 aliphatic carbocycles. The van der Waals surface area contributed by atoms with E-state index in [-0.39, 0.29) is 12.3 Å². The summed E-state index contributed by atoms with van der Waals surface area (Å²) in [6.07, 6.45) is 0.317. The van der Waals surface area contributed by atoms with Crippen LogP contribution < -0.4 is 5.73 Å². The van der Waals surface area contributed by atoms with E-state index in [0.717, 1.165) is 0 Å². The lowest BCUT2D eigenvalue weighted by atomic mass is 10.1. The Bertz CT molecular complexity index is 799. The van der Waals surface area contributed by atoms with E-state index in [9.17, 15) is 18.0 Å². The number of alkyl halides is 3. The van der Waals surface area contributed by atoms with E-state index < -0.39 is 23.4 Å². The minimum Gasteiger partial charge on any atom is -0.462 e. The first kappa shape index (κ1) is 21.0. The molecule has 1 aromatic carbocycles. The molecule has 1 aromatic rings. The second-order valence-electron chi connectivity index (χ2n) is 5.00. The Morgan fingerprint density at radius 2 is 2.12 bits per heavy atom. The van der Waals surface area contributed by atoms with E-state index >= 15 is 0 Å². The van der Waals surface area contributed by atoms with Crippen LogP contribution in [0.3, 0.4) is 0 Å². The monoisotopic (exact) mass is 364 g/mol. The van der Waals surface area contributed by atoms with Gasteiger partial charge in [0.15, 0.2) is 5.71 Å². The molecule has 0 amide bonds. The fourth-order valence-corrected chi connectivity index (χ4v) is 2.04. The molecule has 138 valence electrons. The third kappa shape index (κ3) is 5.50. The summed E-state index contributed by atoms with van der Waals surface area (Å²) in [4.78, 5) is 15.5. The molecule has 7 heteroatoms. The van der Waals surface area contributed by atoms with Crippen molar-refractivity contribution in [2.75, 3.05) is 6.61 Å². The maximum atomic E-state index is 13.5. The molecule has 0 aliphatic heterocycles. The molecule has 0 radical (unpaired) electrons. The molecule has 0 unspecified atom stereocenters. The molecule has 4 nitrogen and oxygen atoms in total. The number of hydrogen-bond acceptors (Lipinski definition) is 4. The van der Waals surface area contributed by atoms with E-state index in [2.05, 4.69) is 22.0 Å². The zero-order valence-corrected chi connectivity index (χ0v) is 14.4. The highest BCUT2D eigenvalue weighted by Crippen LogP contribution is 2.30. The minimum absolute atomic E-state index is 0.0367. The molecule has 0 aliphatic rings. The van der Waals surface area contributed by atoms with Crippen LogP contribution in [0.25, 0.3) is 6.08 Å². The summed E-state index contributed by atoms with van der Waals surface area (Å²) in [5, 5.41) is 0. The molecule has 0 bridgehead atoms. The summed E-state index contributed by atoms with van der Waals surface area (Å²) in [5.74, 6) is -1.19. The lowest BCUT2D eigenvalue weighted by molar-refractivity contribution is -0.138. The van der Waals surface area contributed by atoms with Crippen molar-refractivity contribution in [3.63, 3.8) is 0 Å². The van der Waals surface area contributed by atoms with Gasteiger partial charge in [0.25, 0.3) is 0 Å².